The van der Waals surface area contributed by atoms with Crippen LogP contribution in [0.15, 0.2) is 38.0 Å². The quantitative estimate of drug-likeness (QED) is 0.464. The van der Waals surface area contributed by atoms with Gasteiger partial charge >= 0.3 is 17.9 Å². The normalized spacial score (nSPS) is 9.00. The Morgan fingerprint density at radius 1 is 0.957 bits per heavy atom. The number of carbonyl (C=O) groups is 3. The second-order valence-electron chi connectivity index (χ2n) is 3.46. The first-order valence-electron chi connectivity index (χ1n) is 6.38. The first-order valence-corrected chi connectivity index (χ1v) is 7.35. The van der Waals surface area contributed by atoms with Crippen LogP contribution in [-0.2, 0) is 14.4 Å². The van der Waals surface area contributed by atoms with Gasteiger partial charge in [-0.15, -0.1) is 23.2 Å². The summed E-state index contributed by atoms with van der Waals surface area (Å²) in [5.41, 5.74) is 0. The second kappa shape index (κ2) is 25.2. The molecule has 0 aromatic rings. The number of rotatable bonds is 7. The first-order chi connectivity index (χ1) is 10.6. The van der Waals surface area contributed by atoms with E-state index in [1.807, 2.05) is 0 Å². The summed E-state index contributed by atoms with van der Waals surface area (Å²) < 4.78 is 0. The fraction of sp³-hybridized carbons (Fsp3) is 0.400. The summed E-state index contributed by atoms with van der Waals surface area (Å²) in [6, 6.07) is 0. The number of halogens is 2. The van der Waals surface area contributed by atoms with E-state index in [0.717, 1.165) is 43.4 Å². The fourth-order valence-electron chi connectivity index (χ4n) is 0.503. The van der Waals surface area contributed by atoms with Crippen LogP contribution in [0.3, 0.4) is 0 Å². The summed E-state index contributed by atoms with van der Waals surface area (Å²) in [4.78, 5) is 27.8. The Hall–Kier alpha value is -1.79. The number of carboxylic acids is 3. The van der Waals surface area contributed by atoms with Gasteiger partial charge in [0, 0.05) is 29.5 Å². The van der Waals surface area contributed by atoms with E-state index in [9.17, 15) is 14.4 Å². The molecule has 0 saturated heterocycles. The van der Waals surface area contributed by atoms with E-state index in [2.05, 4.69) is 26.7 Å². The highest BCUT2D eigenvalue weighted by atomic mass is 35.5. The Morgan fingerprint density at radius 3 is 1.35 bits per heavy atom. The van der Waals surface area contributed by atoms with Crippen molar-refractivity contribution in [3.05, 3.63) is 38.0 Å². The summed E-state index contributed by atoms with van der Waals surface area (Å²) in [5.74, 6) is -2.21. The molecule has 0 aliphatic carbocycles. The molecule has 0 aliphatic heterocycles. The summed E-state index contributed by atoms with van der Waals surface area (Å²) in [7, 11) is 0. The monoisotopic (exact) mass is 370 g/mol. The molecule has 0 fully saturated rings. The van der Waals surface area contributed by atoms with Gasteiger partial charge in [-0.3, -0.25) is 0 Å². The largest absolute Gasteiger partial charge is 0.478 e. The van der Waals surface area contributed by atoms with Crippen LogP contribution in [0.2, 0.25) is 0 Å². The minimum Gasteiger partial charge on any atom is -0.478 e. The van der Waals surface area contributed by atoms with Gasteiger partial charge in [-0.1, -0.05) is 26.7 Å². The van der Waals surface area contributed by atoms with Crippen molar-refractivity contribution in [3.63, 3.8) is 0 Å². The highest BCUT2D eigenvalue weighted by Crippen LogP contribution is 2.08. The molecule has 0 saturated carbocycles. The van der Waals surface area contributed by atoms with Gasteiger partial charge in [-0.25, -0.2) is 14.4 Å². The van der Waals surface area contributed by atoms with Gasteiger partial charge in [0.25, 0.3) is 0 Å². The molecular formula is C15H24Cl2O6. The lowest BCUT2D eigenvalue weighted by molar-refractivity contribution is -0.132. The lowest BCUT2D eigenvalue weighted by Crippen LogP contribution is -1.94. The van der Waals surface area contributed by atoms with Crippen LogP contribution in [0.4, 0.5) is 0 Å². The van der Waals surface area contributed by atoms with Crippen LogP contribution in [0.5, 0.6) is 0 Å². The predicted octanol–water partition coefficient (Wildman–Crippen LogP) is 3.79. The van der Waals surface area contributed by atoms with Crippen molar-refractivity contribution >= 4 is 41.1 Å². The maximum Gasteiger partial charge on any atom is 0.327 e. The number of aliphatic carboxylic acids is 3. The van der Waals surface area contributed by atoms with Crippen molar-refractivity contribution in [3.8, 4) is 0 Å². The molecule has 0 bridgehead atoms. The molecule has 0 aliphatic rings. The van der Waals surface area contributed by atoms with Crippen LogP contribution >= 0.6 is 23.2 Å². The van der Waals surface area contributed by atoms with Gasteiger partial charge in [0.2, 0.25) is 0 Å². The van der Waals surface area contributed by atoms with Gasteiger partial charge in [0.05, 0.1) is 0 Å². The predicted molar refractivity (Wildman–Crippen MR) is 93.4 cm³/mol. The summed E-state index contributed by atoms with van der Waals surface area (Å²) in [5, 5.41) is 23.2. The molecule has 6 nitrogen and oxygen atoms in total. The minimum atomic E-state index is -0.981. The maximum atomic E-state index is 9.25. The van der Waals surface area contributed by atoms with Gasteiger partial charge in [0.1, 0.15) is 0 Å². The summed E-state index contributed by atoms with van der Waals surface area (Å²) in [6.07, 6.45) is 5.66. The third-order valence-corrected chi connectivity index (χ3v) is 2.41. The van der Waals surface area contributed by atoms with Crippen LogP contribution < -0.4 is 0 Å². The average molecular weight is 371 g/mol. The van der Waals surface area contributed by atoms with E-state index in [1.54, 1.807) is 0 Å². The molecular weight excluding hydrogens is 347 g/mol. The molecule has 8 heteroatoms. The van der Waals surface area contributed by atoms with Crippen LogP contribution in [0.25, 0.3) is 0 Å². The Bertz CT molecular complexity index is 313. The molecule has 134 valence electrons. The van der Waals surface area contributed by atoms with Crippen molar-refractivity contribution in [2.24, 2.45) is 0 Å². The van der Waals surface area contributed by atoms with Gasteiger partial charge < -0.3 is 15.3 Å². The van der Waals surface area contributed by atoms with E-state index in [4.69, 9.17) is 38.5 Å². The Balaban J connectivity index is -0.000000108. The van der Waals surface area contributed by atoms with Crippen molar-refractivity contribution in [1.82, 2.24) is 0 Å². The van der Waals surface area contributed by atoms with Gasteiger partial charge in [-0.05, 0) is 19.3 Å². The van der Waals surface area contributed by atoms with Gasteiger partial charge in [0.15, 0.2) is 0 Å². The van der Waals surface area contributed by atoms with E-state index in [0.29, 0.717) is 5.38 Å². The lowest BCUT2D eigenvalue weighted by atomic mass is 10.2. The minimum absolute atomic E-state index is 0.341. The zero-order valence-corrected chi connectivity index (χ0v) is 14.6. The Kier molecular flexibility index (Phi) is 32.0. The molecule has 0 aromatic carbocycles. The van der Waals surface area contributed by atoms with Crippen molar-refractivity contribution in [2.75, 3.05) is 5.88 Å². The molecule has 0 heterocycles. The van der Waals surface area contributed by atoms with E-state index >= 15 is 0 Å². The molecule has 0 spiro atoms. The number of alkyl halides is 2. The Labute approximate surface area is 146 Å². The van der Waals surface area contributed by atoms with E-state index in [1.165, 1.54) is 0 Å². The third kappa shape index (κ3) is 64.3. The lowest BCUT2D eigenvalue weighted by Gasteiger charge is -2.01. The average Bonchev–Trinajstić information content (AvgIpc) is 2.53. The molecule has 0 radical (unpaired) electrons. The molecule has 0 aromatic heterocycles. The van der Waals surface area contributed by atoms with Crippen LogP contribution in [0.1, 0.15) is 26.2 Å². The highest BCUT2D eigenvalue weighted by Gasteiger charge is 1.97. The fourth-order valence-corrected chi connectivity index (χ4v) is 0.811. The first kappa shape index (κ1) is 29.2. The zero-order valence-electron chi connectivity index (χ0n) is 13.1. The maximum absolute atomic E-state index is 9.25. The molecule has 3 N–H and O–H groups in total. The topological polar surface area (TPSA) is 112 Å². The summed E-state index contributed by atoms with van der Waals surface area (Å²) in [6.45, 7) is 11.0. The van der Waals surface area contributed by atoms with Crippen LogP contribution in [0, 0.1) is 0 Å². The molecule has 23 heavy (non-hydrogen) atoms. The molecule has 0 amide bonds. The Morgan fingerprint density at radius 2 is 1.22 bits per heavy atom. The summed E-state index contributed by atoms with van der Waals surface area (Å²) >= 11 is 11.2. The SMILES string of the molecule is C=CC(=O)O.C=CC(=O)O.C=CC(=O)O.CCC(Cl)CCCCl. The second-order valence-corrected chi connectivity index (χ2v) is 4.46. The van der Waals surface area contributed by atoms with E-state index < -0.39 is 17.9 Å². The van der Waals surface area contributed by atoms with Crippen molar-refractivity contribution in [2.45, 2.75) is 31.6 Å². The van der Waals surface area contributed by atoms with Gasteiger partial charge in [-0.2, -0.15) is 0 Å². The van der Waals surface area contributed by atoms with Crippen LogP contribution in [-0.4, -0.2) is 44.5 Å². The van der Waals surface area contributed by atoms with E-state index in [-0.39, 0.29) is 0 Å². The standard InChI is InChI=1S/C6H12Cl2.3C3H4O2/c1-2-6(8)4-3-5-7;3*1-2-3(4)5/h6H,2-5H2,1H3;3*2H,1H2,(H,4,5). The highest BCUT2D eigenvalue weighted by molar-refractivity contribution is 6.20. The number of hydrogen-bond acceptors (Lipinski definition) is 3. The third-order valence-electron chi connectivity index (χ3n) is 1.62. The zero-order chi connectivity index (χ0) is 19.3. The van der Waals surface area contributed by atoms with Crippen molar-refractivity contribution in [1.29, 1.82) is 0 Å². The number of hydrogen-bond donors (Lipinski definition) is 3. The molecule has 0 rings (SSSR count). The molecule has 1 atom stereocenters. The van der Waals surface area contributed by atoms with Crippen molar-refractivity contribution < 1.29 is 29.7 Å². The smallest absolute Gasteiger partial charge is 0.327 e. The number of carboxylic acid groups (broad SMARTS) is 3. The molecule has 1 unspecified atom stereocenters.